The van der Waals surface area contributed by atoms with Crippen LogP contribution in [0.4, 0.5) is 11.4 Å². The average Bonchev–Trinajstić information content (AvgIpc) is 2.52. The van der Waals surface area contributed by atoms with Gasteiger partial charge < -0.3 is 10.1 Å². The van der Waals surface area contributed by atoms with Crippen LogP contribution in [0.15, 0.2) is 36.4 Å². The minimum absolute atomic E-state index is 0.0519. The van der Waals surface area contributed by atoms with Gasteiger partial charge in [0.05, 0.1) is 4.92 Å². The molecule has 2 aromatic carbocycles. The summed E-state index contributed by atoms with van der Waals surface area (Å²) >= 11 is 5.92. The van der Waals surface area contributed by atoms with E-state index in [2.05, 4.69) is 5.32 Å². The van der Waals surface area contributed by atoms with E-state index in [-0.39, 0.29) is 11.4 Å². The second kappa shape index (κ2) is 7.31. The predicted molar refractivity (Wildman–Crippen MR) is 92.7 cm³/mol. The smallest absolute Gasteiger partial charge is 0.311 e. The molecule has 0 fully saturated rings. The van der Waals surface area contributed by atoms with E-state index in [1.54, 1.807) is 31.2 Å². The third-order valence-electron chi connectivity index (χ3n) is 3.44. The maximum atomic E-state index is 12.3. The SMILES string of the molecule is Cc1ccc(O[C@@H](C)C(=O)Nc2cc(Cl)ccc2C)c([N+](=O)[O-])c1. The van der Waals surface area contributed by atoms with E-state index in [0.717, 1.165) is 11.1 Å². The van der Waals surface area contributed by atoms with Gasteiger partial charge in [-0.05, 0) is 50.1 Å². The Bertz CT molecular complexity index is 792. The molecular formula is C17H17ClN2O4. The number of carbonyl (C=O) groups is 1. The number of ether oxygens (including phenoxy) is 1. The van der Waals surface area contributed by atoms with Crippen LogP contribution in [0, 0.1) is 24.0 Å². The molecule has 7 heteroatoms. The summed E-state index contributed by atoms with van der Waals surface area (Å²) in [6.07, 6.45) is -0.912. The number of anilines is 1. The lowest BCUT2D eigenvalue weighted by molar-refractivity contribution is -0.386. The lowest BCUT2D eigenvalue weighted by Gasteiger charge is -2.16. The van der Waals surface area contributed by atoms with Gasteiger partial charge in [-0.25, -0.2) is 0 Å². The van der Waals surface area contributed by atoms with Gasteiger partial charge in [0, 0.05) is 16.8 Å². The van der Waals surface area contributed by atoms with Crippen molar-refractivity contribution in [1.29, 1.82) is 0 Å². The normalized spacial score (nSPS) is 11.7. The molecule has 2 aromatic rings. The highest BCUT2D eigenvalue weighted by atomic mass is 35.5. The second-order valence-electron chi connectivity index (χ2n) is 5.44. The topological polar surface area (TPSA) is 81.5 Å². The Morgan fingerprint density at radius 3 is 2.62 bits per heavy atom. The summed E-state index contributed by atoms with van der Waals surface area (Å²) in [5.74, 6) is -0.369. The summed E-state index contributed by atoms with van der Waals surface area (Å²) in [6.45, 7) is 5.11. The molecule has 1 atom stereocenters. The molecule has 6 nitrogen and oxygen atoms in total. The Hall–Kier alpha value is -2.60. The van der Waals surface area contributed by atoms with E-state index in [1.165, 1.54) is 19.1 Å². The van der Waals surface area contributed by atoms with Crippen molar-refractivity contribution >= 4 is 28.9 Å². The van der Waals surface area contributed by atoms with Gasteiger partial charge in [0.15, 0.2) is 11.9 Å². The minimum atomic E-state index is -0.912. The quantitative estimate of drug-likeness (QED) is 0.646. The molecule has 1 N–H and O–H groups in total. The van der Waals surface area contributed by atoms with Crippen molar-refractivity contribution in [2.45, 2.75) is 26.9 Å². The predicted octanol–water partition coefficient (Wildman–Crippen LogP) is 4.27. The number of benzene rings is 2. The summed E-state index contributed by atoms with van der Waals surface area (Å²) in [4.78, 5) is 22.9. The van der Waals surface area contributed by atoms with Gasteiger partial charge >= 0.3 is 5.69 Å². The molecule has 0 radical (unpaired) electrons. The van der Waals surface area contributed by atoms with Gasteiger partial charge in [0.1, 0.15) is 0 Å². The van der Waals surface area contributed by atoms with Crippen molar-refractivity contribution in [1.82, 2.24) is 0 Å². The first kappa shape index (κ1) is 17.7. The number of amides is 1. The molecule has 2 rings (SSSR count). The average molecular weight is 349 g/mol. The monoisotopic (exact) mass is 348 g/mol. The maximum absolute atomic E-state index is 12.3. The molecule has 0 aliphatic heterocycles. The number of rotatable bonds is 5. The second-order valence-corrected chi connectivity index (χ2v) is 5.87. The van der Waals surface area contributed by atoms with E-state index in [4.69, 9.17) is 16.3 Å². The molecule has 0 aliphatic rings. The number of carbonyl (C=O) groups excluding carboxylic acids is 1. The van der Waals surface area contributed by atoms with Crippen LogP contribution >= 0.6 is 11.6 Å². The molecular weight excluding hydrogens is 332 g/mol. The Morgan fingerprint density at radius 1 is 1.25 bits per heavy atom. The highest BCUT2D eigenvalue weighted by Gasteiger charge is 2.21. The Morgan fingerprint density at radius 2 is 1.96 bits per heavy atom. The molecule has 0 saturated heterocycles. The van der Waals surface area contributed by atoms with Crippen LogP contribution in [-0.2, 0) is 4.79 Å². The van der Waals surface area contributed by atoms with Crippen molar-refractivity contribution in [2.75, 3.05) is 5.32 Å². The summed E-state index contributed by atoms with van der Waals surface area (Å²) in [5, 5.41) is 14.3. The van der Waals surface area contributed by atoms with Crippen LogP contribution in [0.25, 0.3) is 0 Å². The van der Waals surface area contributed by atoms with Crippen LogP contribution in [0.1, 0.15) is 18.1 Å². The lowest BCUT2D eigenvalue weighted by atomic mass is 10.2. The molecule has 0 aliphatic carbocycles. The molecule has 0 heterocycles. The largest absolute Gasteiger partial charge is 0.474 e. The number of nitro benzene ring substituents is 1. The van der Waals surface area contributed by atoms with Gasteiger partial charge in [-0.1, -0.05) is 23.7 Å². The van der Waals surface area contributed by atoms with E-state index < -0.39 is 16.9 Å². The standard InChI is InChI=1S/C17H17ClN2O4/c1-10-4-7-16(15(8-10)20(22)23)24-12(3)17(21)19-14-9-13(18)6-5-11(14)2/h4-9,12H,1-3H3,(H,19,21)/t12-/m0/s1. The molecule has 24 heavy (non-hydrogen) atoms. The zero-order valence-electron chi connectivity index (χ0n) is 13.5. The number of halogens is 1. The lowest BCUT2D eigenvalue weighted by Crippen LogP contribution is -2.30. The number of nitrogens with one attached hydrogen (secondary N) is 1. The minimum Gasteiger partial charge on any atom is -0.474 e. The van der Waals surface area contributed by atoms with Crippen LogP contribution in [0.2, 0.25) is 5.02 Å². The zero-order chi connectivity index (χ0) is 17.9. The Balaban J connectivity index is 2.15. The van der Waals surface area contributed by atoms with E-state index in [0.29, 0.717) is 10.7 Å². The first-order chi connectivity index (χ1) is 11.3. The van der Waals surface area contributed by atoms with Crippen molar-refractivity contribution in [3.8, 4) is 5.75 Å². The van der Waals surface area contributed by atoms with Gasteiger partial charge in [-0.2, -0.15) is 0 Å². The highest BCUT2D eigenvalue weighted by molar-refractivity contribution is 6.31. The number of aryl methyl sites for hydroxylation is 2. The van der Waals surface area contributed by atoms with Crippen molar-refractivity contribution < 1.29 is 14.5 Å². The first-order valence-corrected chi connectivity index (χ1v) is 7.64. The van der Waals surface area contributed by atoms with Crippen LogP contribution in [-0.4, -0.2) is 16.9 Å². The van der Waals surface area contributed by atoms with Crippen molar-refractivity contribution in [3.05, 3.63) is 62.7 Å². The van der Waals surface area contributed by atoms with E-state index >= 15 is 0 Å². The van der Waals surface area contributed by atoms with Gasteiger partial charge in [0.25, 0.3) is 5.91 Å². The highest BCUT2D eigenvalue weighted by Crippen LogP contribution is 2.29. The molecule has 1 amide bonds. The van der Waals surface area contributed by atoms with E-state index in [1.807, 2.05) is 6.92 Å². The van der Waals surface area contributed by atoms with Crippen molar-refractivity contribution in [3.63, 3.8) is 0 Å². The third-order valence-corrected chi connectivity index (χ3v) is 3.68. The fourth-order valence-corrected chi connectivity index (χ4v) is 2.25. The third kappa shape index (κ3) is 4.23. The molecule has 0 spiro atoms. The summed E-state index contributed by atoms with van der Waals surface area (Å²) in [6, 6.07) is 9.73. The number of hydrogen-bond donors (Lipinski definition) is 1. The summed E-state index contributed by atoms with van der Waals surface area (Å²) in [7, 11) is 0. The molecule has 0 aromatic heterocycles. The fraction of sp³-hybridized carbons (Fsp3) is 0.235. The van der Waals surface area contributed by atoms with Crippen LogP contribution in [0.5, 0.6) is 5.75 Å². The summed E-state index contributed by atoms with van der Waals surface area (Å²) in [5.41, 5.74) is 1.98. The van der Waals surface area contributed by atoms with Crippen molar-refractivity contribution in [2.24, 2.45) is 0 Å². The number of nitrogens with zero attached hydrogens (tertiary/aromatic N) is 1. The first-order valence-electron chi connectivity index (χ1n) is 7.26. The molecule has 0 saturated carbocycles. The van der Waals surface area contributed by atoms with E-state index in [9.17, 15) is 14.9 Å². The molecule has 126 valence electrons. The maximum Gasteiger partial charge on any atom is 0.311 e. The number of hydrogen-bond acceptors (Lipinski definition) is 4. The van der Waals surface area contributed by atoms with Gasteiger partial charge in [-0.15, -0.1) is 0 Å². The Labute approximate surface area is 144 Å². The number of nitro groups is 1. The van der Waals surface area contributed by atoms with Crippen LogP contribution < -0.4 is 10.1 Å². The molecule has 0 unspecified atom stereocenters. The van der Waals surface area contributed by atoms with Gasteiger partial charge in [-0.3, -0.25) is 14.9 Å². The molecule has 0 bridgehead atoms. The zero-order valence-corrected chi connectivity index (χ0v) is 14.3. The summed E-state index contributed by atoms with van der Waals surface area (Å²) < 4.78 is 5.48. The Kier molecular flexibility index (Phi) is 5.41. The fourth-order valence-electron chi connectivity index (χ4n) is 2.08. The van der Waals surface area contributed by atoms with Gasteiger partial charge in [0.2, 0.25) is 0 Å². The van der Waals surface area contributed by atoms with Crippen LogP contribution in [0.3, 0.4) is 0 Å².